The van der Waals surface area contributed by atoms with Crippen LogP contribution in [0.4, 0.5) is 0 Å². The Labute approximate surface area is 108 Å². The van der Waals surface area contributed by atoms with E-state index in [2.05, 4.69) is 11.1 Å². The van der Waals surface area contributed by atoms with Crippen LogP contribution in [0.2, 0.25) is 0 Å². The second kappa shape index (κ2) is 9.29. The number of hydrogen-bond donors (Lipinski definition) is 2. The van der Waals surface area contributed by atoms with Crippen LogP contribution in [0.5, 0.6) is 0 Å². The molecule has 0 spiro atoms. The summed E-state index contributed by atoms with van der Waals surface area (Å²) in [5.41, 5.74) is 0. The van der Waals surface area contributed by atoms with Crippen molar-refractivity contribution in [3.63, 3.8) is 0 Å². The Morgan fingerprint density at radius 1 is 1.11 bits per heavy atom. The van der Waals surface area contributed by atoms with Crippen molar-refractivity contribution in [1.82, 2.24) is 0 Å². The maximum Gasteiger partial charge on any atom is 0.398 e. The number of carboxylic acids is 1. The summed E-state index contributed by atoms with van der Waals surface area (Å²) in [4.78, 5) is 10.7. The minimum atomic E-state index is -4.70. The monoisotopic (exact) mass is 282 g/mol. The van der Waals surface area contributed by atoms with Gasteiger partial charge < -0.3 is 5.11 Å². The fourth-order valence-electron chi connectivity index (χ4n) is 1.65. The third-order valence-electron chi connectivity index (χ3n) is 2.58. The van der Waals surface area contributed by atoms with Crippen molar-refractivity contribution in [2.75, 3.05) is 0 Å². The van der Waals surface area contributed by atoms with Crippen molar-refractivity contribution in [2.24, 2.45) is 0 Å². The first-order chi connectivity index (χ1) is 8.37. The molecule has 0 radical (unpaired) electrons. The Hall–Kier alpha value is -0.660. The van der Waals surface area contributed by atoms with Crippen LogP contribution >= 0.6 is 0 Å². The minimum Gasteiger partial charge on any atom is -0.479 e. The predicted molar refractivity (Wildman–Crippen MR) is 66.7 cm³/mol. The summed E-state index contributed by atoms with van der Waals surface area (Å²) in [6.45, 7) is 2.13. The summed E-state index contributed by atoms with van der Waals surface area (Å²) >= 11 is 0. The molecule has 0 aliphatic heterocycles. The first-order valence-electron chi connectivity index (χ1n) is 6.25. The largest absolute Gasteiger partial charge is 0.479 e. The number of hydrogen-bond acceptors (Lipinski definition) is 4. The molecule has 0 fully saturated rings. The smallest absolute Gasteiger partial charge is 0.398 e. The molecule has 0 aliphatic carbocycles. The first-order valence-corrected chi connectivity index (χ1v) is 7.62. The molecule has 0 aromatic rings. The fraction of sp³-hybridized carbons (Fsp3) is 0.909. The lowest BCUT2D eigenvalue weighted by Gasteiger charge is -2.10. The van der Waals surface area contributed by atoms with Crippen molar-refractivity contribution >= 4 is 16.4 Å². The zero-order chi connectivity index (χ0) is 14.0. The van der Waals surface area contributed by atoms with E-state index in [1.165, 1.54) is 19.3 Å². The highest BCUT2D eigenvalue weighted by molar-refractivity contribution is 7.80. The van der Waals surface area contributed by atoms with Gasteiger partial charge in [0.15, 0.2) is 6.10 Å². The Kier molecular flexibility index (Phi) is 8.95. The molecule has 0 aromatic carbocycles. The third-order valence-corrected chi connectivity index (χ3v) is 3.06. The molecule has 7 heteroatoms. The van der Waals surface area contributed by atoms with E-state index in [1.54, 1.807) is 0 Å². The van der Waals surface area contributed by atoms with Gasteiger partial charge in [-0.25, -0.2) is 8.98 Å². The van der Waals surface area contributed by atoms with E-state index in [1.807, 2.05) is 0 Å². The molecule has 1 unspecified atom stereocenters. The summed E-state index contributed by atoms with van der Waals surface area (Å²) in [7, 11) is -4.70. The average Bonchev–Trinajstić information content (AvgIpc) is 2.24. The van der Waals surface area contributed by atoms with Crippen LogP contribution < -0.4 is 0 Å². The molecule has 0 saturated carbocycles. The van der Waals surface area contributed by atoms with Crippen molar-refractivity contribution in [1.29, 1.82) is 0 Å². The number of carboxylic acid groups (broad SMARTS) is 1. The summed E-state index contributed by atoms with van der Waals surface area (Å²) in [5.74, 6) is -1.38. The van der Waals surface area contributed by atoms with E-state index < -0.39 is 22.5 Å². The molecule has 1 atom stereocenters. The summed E-state index contributed by atoms with van der Waals surface area (Å²) < 4.78 is 33.3. The lowest BCUT2D eigenvalue weighted by Crippen LogP contribution is -2.26. The van der Waals surface area contributed by atoms with Gasteiger partial charge in [-0.2, -0.15) is 8.42 Å². The molecule has 2 N–H and O–H groups in total. The van der Waals surface area contributed by atoms with Gasteiger partial charge in [0.25, 0.3) is 0 Å². The normalized spacial score (nSPS) is 13.4. The van der Waals surface area contributed by atoms with E-state index >= 15 is 0 Å². The quantitative estimate of drug-likeness (QED) is 0.446. The second-order valence-electron chi connectivity index (χ2n) is 4.26. The zero-order valence-corrected chi connectivity index (χ0v) is 11.5. The highest BCUT2D eigenvalue weighted by atomic mass is 32.3. The van der Waals surface area contributed by atoms with E-state index in [0.29, 0.717) is 6.42 Å². The van der Waals surface area contributed by atoms with Gasteiger partial charge >= 0.3 is 16.4 Å². The molecule has 18 heavy (non-hydrogen) atoms. The van der Waals surface area contributed by atoms with Crippen LogP contribution in [-0.2, 0) is 19.4 Å². The van der Waals surface area contributed by atoms with Crippen LogP contribution in [0, 0.1) is 0 Å². The topological polar surface area (TPSA) is 101 Å². The van der Waals surface area contributed by atoms with Gasteiger partial charge in [0.2, 0.25) is 0 Å². The summed E-state index contributed by atoms with van der Waals surface area (Å²) in [5, 5.41) is 8.71. The number of aliphatic carboxylic acids is 1. The van der Waals surface area contributed by atoms with Crippen molar-refractivity contribution in [3.05, 3.63) is 0 Å². The molecule has 0 saturated heterocycles. The van der Waals surface area contributed by atoms with E-state index in [-0.39, 0.29) is 6.42 Å². The van der Waals surface area contributed by atoms with Crippen molar-refractivity contribution < 1.29 is 27.1 Å². The van der Waals surface area contributed by atoms with Gasteiger partial charge in [-0.3, -0.25) is 4.55 Å². The van der Waals surface area contributed by atoms with Gasteiger partial charge in [-0.1, -0.05) is 51.9 Å². The van der Waals surface area contributed by atoms with Crippen LogP contribution in [0.25, 0.3) is 0 Å². The molecule has 0 rings (SSSR count). The van der Waals surface area contributed by atoms with Crippen LogP contribution in [0.3, 0.4) is 0 Å². The van der Waals surface area contributed by atoms with Gasteiger partial charge in [0.1, 0.15) is 0 Å². The molecule has 0 heterocycles. The zero-order valence-electron chi connectivity index (χ0n) is 10.7. The van der Waals surface area contributed by atoms with Crippen molar-refractivity contribution in [2.45, 2.75) is 64.4 Å². The number of unbranched alkanes of at least 4 members (excludes halogenated alkanes) is 6. The fourth-order valence-corrected chi connectivity index (χ4v) is 2.12. The Morgan fingerprint density at radius 3 is 2.06 bits per heavy atom. The Bertz CT molecular complexity index is 324. The Morgan fingerprint density at radius 2 is 1.61 bits per heavy atom. The molecule has 0 amide bonds. The van der Waals surface area contributed by atoms with Gasteiger partial charge in [0, 0.05) is 0 Å². The van der Waals surface area contributed by atoms with E-state index in [9.17, 15) is 13.2 Å². The maximum absolute atomic E-state index is 10.7. The van der Waals surface area contributed by atoms with Gasteiger partial charge in [0.05, 0.1) is 0 Å². The van der Waals surface area contributed by atoms with E-state index in [0.717, 1.165) is 19.3 Å². The van der Waals surface area contributed by atoms with E-state index in [4.69, 9.17) is 9.66 Å². The van der Waals surface area contributed by atoms with Crippen LogP contribution in [0.1, 0.15) is 58.3 Å². The first kappa shape index (κ1) is 17.3. The van der Waals surface area contributed by atoms with Crippen LogP contribution in [0.15, 0.2) is 0 Å². The lowest BCUT2D eigenvalue weighted by molar-refractivity contribution is -0.145. The van der Waals surface area contributed by atoms with Gasteiger partial charge in [-0.05, 0) is 6.42 Å². The lowest BCUT2D eigenvalue weighted by atomic mass is 10.1. The SMILES string of the molecule is CCCCCCCCCC(OS(=O)(=O)O)C(=O)O. The summed E-state index contributed by atoms with van der Waals surface area (Å²) in [6.07, 6.45) is 5.63. The summed E-state index contributed by atoms with van der Waals surface area (Å²) in [6, 6.07) is 0. The molecular formula is C11H22O6S. The Balaban J connectivity index is 3.75. The standard InChI is InChI=1S/C11H22O6S/c1-2-3-4-5-6-7-8-9-10(11(12)13)17-18(14,15)16/h10H,2-9H2,1H3,(H,12,13)(H,14,15,16). The van der Waals surface area contributed by atoms with Crippen molar-refractivity contribution in [3.8, 4) is 0 Å². The molecule has 108 valence electrons. The highest BCUT2D eigenvalue weighted by Crippen LogP contribution is 2.12. The number of carbonyl (C=O) groups is 1. The molecule has 0 bridgehead atoms. The molecule has 6 nitrogen and oxygen atoms in total. The molecule has 0 aromatic heterocycles. The van der Waals surface area contributed by atoms with Crippen LogP contribution in [-0.4, -0.2) is 30.2 Å². The predicted octanol–water partition coefficient (Wildman–Crippen LogP) is 2.40. The maximum atomic E-state index is 10.7. The molecular weight excluding hydrogens is 260 g/mol. The minimum absolute atomic E-state index is 0.0862. The number of rotatable bonds is 11. The second-order valence-corrected chi connectivity index (χ2v) is 5.31. The molecule has 0 aliphatic rings. The van der Waals surface area contributed by atoms with Gasteiger partial charge in [-0.15, -0.1) is 0 Å². The average molecular weight is 282 g/mol. The third kappa shape index (κ3) is 10.5. The highest BCUT2D eigenvalue weighted by Gasteiger charge is 2.23.